The van der Waals surface area contributed by atoms with Crippen molar-refractivity contribution in [3.05, 3.63) is 108 Å². The third kappa shape index (κ3) is 11.7. The molecule has 0 saturated carbocycles. The average Bonchev–Trinajstić information content (AvgIpc) is 3.45. The summed E-state index contributed by atoms with van der Waals surface area (Å²) in [6.07, 6.45) is -4.62. The predicted octanol–water partition coefficient (Wildman–Crippen LogP) is 5.94. The molecule has 2 aromatic heterocycles. The number of hydrogen-bond acceptors (Lipinski definition) is 17. The van der Waals surface area contributed by atoms with E-state index in [2.05, 4.69) is 10.6 Å². The number of carbonyl (C=O) groups excluding carboxylic acids is 2. The van der Waals surface area contributed by atoms with Crippen LogP contribution in [0.3, 0.4) is 0 Å². The number of aliphatic hydroxyl groups is 1. The molecule has 0 unspecified atom stereocenters. The number of nitrogens with one attached hydrogen (secondary N) is 2. The Morgan fingerprint density at radius 2 is 0.784 bits per heavy atom. The summed E-state index contributed by atoms with van der Waals surface area (Å²) >= 11 is 0. The maximum atomic E-state index is 15.0. The van der Waals surface area contributed by atoms with Crippen molar-refractivity contribution in [2.24, 2.45) is 0 Å². The minimum absolute atomic E-state index is 0.0263. The smallest absolute Gasteiger partial charge is 0.392 e. The fraction of sp³-hybridized carbons (Fsp3) is 0.360. The predicted molar refractivity (Wildman–Crippen MR) is 269 cm³/mol. The van der Waals surface area contributed by atoms with Crippen LogP contribution in [-0.2, 0) is 31.7 Å². The Kier molecular flexibility index (Phi) is 15.2. The molecule has 3 N–H and O–H groups in total. The average molecular weight is 1020 g/mol. The van der Waals surface area contributed by atoms with Crippen molar-refractivity contribution in [1.82, 2.24) is 29.9 Å². The van der Waals surface area contributed by atoms with Crippen molar-refractivity contribution in [3.63, 3.8) is 0 Å². The number of ether oxygens (including phenoxy) is 4. The van der Waals surface area contributed by atoms with Crippen LogP contribution in [0.2, 0.25) is 0 Å². The summed E-state index contributed by atoms with van der Waals surface area (Å²) in [5, 5.41) is 17.5. The highest BCUT2D eigenvalue weighted by atomic mass is 19.4. The maximum Gasteiger partial charge on any atom is 0.416 e. The number of benzene rings is 4. The second-order valence-corrected chi connectivity index (χ2v) is 17.4. The topological polar surface area (TPSA) is 212 Å². The van der Waals surface area contributed by atoms with Crippen LogP contribution < -0.4 is 40.3 Å². The highest BCUT2D eigenvalue weighted by molar-refractivity contribution is 6.13. The molecule has 0 atom stereocenters. The molecular formula is C50H53F3N14O7. The summed E-state index contributed by atoms with van der Waals surface area (Å²) < 4.78 is 63.4. The van der Waals surface area contributed by atoms with E-state index >= 15 is 0 Å². The monoisotopic (exact) mass is 1020 g/mol. The minimum atomic E-state index is -4.62. The van der Waals surface area contributed by atoms with Gasteiger partial charge in [0.15, 0.2) is 11.6 Å². The second kappa shape index (κ2) is 22.6. The van der Waals surface area contributed by atoms with E-state index in [4.69, 9.17) is 48.9 Å². The SMILES string of the molecule is O=C(Nc1ccc(CO)cc1)N(c1ccc(-c2nc(N3CCOCC3)nc(N3CCOCC3)n2)cc1)N(C(=O)Nc1ccc(C(F)(F)F)cc1)c1ccc(-c2nc(N3CCOCC3)nc(N3CCOCC3)n2)cc1. The van der Waals surface area contributed by atoms with Gasteiger partial charge >= 0.3 is 18.2 Å². The summed E-state index contributed by atoms with van der Waals surface area (Å²) in [6.45, 7) is 8.55. The normalized spacial score (nSPS) is 16.4. The Balaban J connectivity index is 1.05. The molecule has 4 fully saturated rings. The summed E-state index contributed by atoms with van der Waals surface area (Å²) in [7, 11) is 0. The molecule has 6 heterocycles. The molecule has 4 aromatic carbocycles. The van der Waals surface area contributed by atoms with Gasteiger partial charge in [-0.25, -0.2) is 9.59 Å². The molecule has 4 aliphatic heterocycles. The van der Waals surface area contributed by atoms with Gasteiger partial charge in [-0.05, 0) is 90.5 Å². The highest BCUT2D eigenvalue weighted by Crippen LogP contribution is 2.33. The van der Waals surface area contributed by atoms with E-state index in [-0.39, 0.29) is 23.7 Å². The summed E-state index contributed by atoms with van der Waals surface area (Å²) in [4.78, 5) is 67.2. The molecule has 0 spiro atoms. The van der Waals surface area contributed by atoms with Gasteiger partial charge in [0.05, 0.1) is 76.4 Å². The first-order chi connectivity index (χ1) is 36.1. The van der Waals surface area contributed by atoms with Crippen LogP contribution in [0, 0.1) is 0 Å². The van der Waals surface area contributed by atoms with E-state index in [1.165, 1.54) is 0 Å². The van der Waals surface area contributed by atoms with Crippen LogP contribution in [0.5, 0.6) is 0 Å². The van der Waals surface area contributed by atoms with Crippen molar-refractivity contribution >= 4 is 58.6 Å². The third-order valence-corrected chi connectivity index (χ3v) is 12.6. The largest absolute Gasteiger partial charge is 0.416 e. The van der Waals surface area contributed by atoms with Gasteiger partial charge in [-0.15, -0.1) is 0 Å². The van der Waals surface area contributed by atoms with E-state index in [0.29, 0.717) is 163 Å². The summed E-state index contributed by atoms with van der Waals surface area (Å²) in [6, 6.07) is 22.1. The first kappa shape index (κ1) is 49.8. The van der Waals surface area contributed by atoms with E-state index < -0.39 is 23.8 Å². The number of anilines is 8. The van der Waals surface area contributed by atoms with E-state index in [1.807, 2.05) is 19.6 Å². The van der Waals surface area contributed by atoms with Crippen LogP contribution in [0.15, 0.2) is 97.1 Å². The molecule has 4 amide bonds. The van der Waals surface area contributed by atoms with Crippen LogP contribution >= 0.6 is 0 Å². The van der Waals surface area contributed by atoms with Gasteiger partial charge in [-0.2, -0.15) is 53.1 Å². The number of halogens is 3. The zero-order valence-electron chi connectivity index (χ0n) is 40.2. The number of aromatic nitrogens is 6. The quantitative estimate of drug-likeness (QED) is 0.128. The molecule has 6 aromatic rings. The molecule has 386 valence electrons. The van der Waals surface area contributed by atoms with Crippen LogP contribution in [-0.4, -0.2) is 152 Å². The Morgan fingerprint density at radius 1 is 0.473 bits per heavy atom. The van der Waals surface area contributed by atoms with Gasteiger partial charge in [0.25, 0.3) is 0 Å². The zero-order valence-corrected chi connectivity index (χ0v) is 40.2. The molecule has 0 radical (unpaired) electrons. The number of aliphatic hydroxyl groups excluding tert-OH is 1. The molecule has 4 saturated heterocycles. The van der Waals surface area contributed by atoms with E-state index in [0.717, 1.165) is 34.3 Å². The highest BCUT2D eigenvalue weighted by Gasteiger charge is 2.33. The van der Waals surface area contributed by atoms with Crippen molar-refractivity contribution in [3.8, 4) is 22.8 Å². The maximum absolute atomic E-state index is 15.0. The van der Waals surface area contributed by atoms with Gasteiger partial charge in [0, 0.05) is 74.9 Å². The molecule has 21 nitrogen and oxygen atoms in total. The molecular weight excluding hydrogens is 966 g/mol. The molecule has 74 heavy (non-hydrogen) atoms. The van der Waals surface area contributed by atoms with Gasteiger partial charge in [-0.1, -0.05) is 12.1 Å². The van der Waals surface area contributed by atoms with E-state index in [1.54, 1.807) is 72.8 Å². The number of alkyl halides is 3. The lowest BCUT2D eigenvalue weighted by Gasteiger charge is -2.35. The molecule has 0 bridgehead atoms. The Morgan fingerprint density at radius 3 is 1.08 bits per heavy atom. The van der Waals surface area contributed by atoms with E-state index in [9.17, 15) is 27.9 Å². The first-order valence-corrected chi connectivity index (χ1v) is 24.2. The fourth-order valence-corrected chi connectivity index (χ4v) is 8.52. The molecule has 24 heteroatoms. The van der Waals surface area contributed by atoms with Gasteiger partial charge in [0.1, 0.15) is 0 Å². The number of amides is 4. The number of hydrogen-bond donors (Lipinski definition) is 3. The second-order valence-electron chi connectivity index (χ2n) is 17.4. The van der Waals surface area contributed by atoms with Crippen molar-refractivity contribution in [2.75, 3.05) is 145 Å². The van der Waals surface area contributed by atoms with Gasteiger partial charge in [0.2, 0.25) is 23.8 Å². The van der Waals surface area contributed by atoms with Gasteiger partial charge in [-0.3, -0.25) is 0 Å². The molecule has 4 aliphatic rings. The number of nitrogens with zero attached hydrogens (tertiary/aromatic N) is 12. The number of morpholine rings is 4. The van der Waals surface area contributed by atoms with Crippen molar-refractivity contribution in [2.45, 2.75) is 12.8 Å². The summed E-state index contributed by atoms with van der Waals surface area (Å²) in [5.41, 5.74) is 1.58. The number of hydrazine groups is 1. The van der Waals surface area contributed by atoms with Crippen LogP contribution in [0.25, 0.3) is 22.8 Å². The fourth-order valence-electron chi connectivity index (χ4n) is 8.52. The Labute approximate surface area is 423 Å². The third-order valence-electron chi connectivity index (χ3n) is 12.6. The van der Waals surface area contributed by atoms with Crippen LogP contribution in [0.4, 0.5) is 69.3 Å². The molecule has 10 rings (SSSR count). The van der Waals surface area contributed by atoms with Gasteiger partial charge < -0.3 is 54.3 Å². The lowest BCUT2D eigenvalue weighted by Crippen LogP contribution is -2.53. The summed E-state index contributed by atoms with van der Waals surface area (Å²) in [5.74, 6) is 2.66. The molecule has 0 aliphatic carbocycles. The van der Waals surface area contributed by atoms with Crippen molar-refractivity contribution in [1.29, 1.82) is 0 Å². The number of urea groups is 2. The zero-order chi connectivity index (χ0) is 51.0. The lowest BCUT2D eigenvalue weighted by atomic mass is 10.1. The Bertz CT molecular complexity index is 2790. The standard InChI is InChI=1S/C50H53F3N14O7/c51-50(52,53)37-7-11-39(12-8-37)55-49(70)67(41-15-5-36(6-16-41)43-58-46(64-21-29-73-30-22-64)61-47(59-43)65-23-31-74-32-24-65)66(48(69)54-38-9-1-34(33-68)2-10-38)40-13-3-35(4-14-40)42-56-44(62-17-25-71-26-18-62)60-45(57-42)63-19-27-72-28-20-63/h1-16,68H,17-33H2,(H,54,69)(H,55,70). The number of rotatable bonds is 11. The van der Waals surface area contributed by atoms with Crippen LogP contribution in [0.1, 0.15) is 11.1 Å². The first-order valence-electron chi connectivity index (χ1n) is 24.2. The minimum Gasteiger partial charge on any atom is -0.392 e. The van der Waals surface area contributed by atoms with Crippen molar-refractivity contribution < 1.29 is 46.8 Å². The lowest BCUT2D eigenvalue weighted by molar-refractivity contribution is -0.137. The number of carbonyl (C=O) groups is 2. The Hall–Kier alpha value is -7.77.